The lowest BCUT2D eigenvalue weighted by molar-refractivity contribution is 0.122. The molecule has 0 radical (unpaired) electrons. The predicted molar refractivity (Wildman–Crippen MR) is 127 cm³/mol. The second kappa shape index (κ2) is 8.77. The first-order valence-corrected chi connectivity index (χ1v) is 10.8. The van der Waals surface area contributed by atoms with Crippen molar-refractivity contribution in [3.8, 4) is 17.1 Å². The van der Waals surface area contributed by atoms with Crippen LogP contribution in [0.3, 0.4) is 0 Å². The van der Waals surface area contributed by atoms with Crippen molar-refractivity contribution >= 4 is 11.4 Å². The summed E-state index contributed by atoms with van der Waals surface area (Å²) in [6, 6.07) is 22.4. The molecule has 0 spiro atoms. The number of hydrogen-bond acceptors (Lipinski definition) is 5. The van der Waals surface area contributed by atoms with E-state index in [1.807, 2.05) is 59.4 Å². The Balaban J connectivity index is 1.56. The molecular formula is C26H25N5O. The van der Waals surface area contributed by atoms with Crippen LogP contribution in [0.4, 0.5) is 5.82 Å². The molecule has 32 heavy (non-hydrogen) atoms. The van der Waals surface area contributed by atoms with E-state index >= 15 is 0 Å². The van der Waals surface area contributed by atoms with Crippen LogP contribution in [0.2, 0.25) is 0 Å². The van der Waals surface area contributed by atoms with Gasteiger partial charge in [-0.3, -0.25) is 0 Å². The second-order valence-corrected chi connectivity index (χ2v) is 7.87. The van der Waals surface area contributed by atoms with Gasteiger partial charge in [-0.1, -0.05) is 60.7 Å². The Morgan fingerprint density at radius 2 is 1.69 bits per heavy atom. The SMILES string of the molecule is C=C(c1ccccc1)c1nc(N2CCOCC2)cc(-n2ccc(-c3cccc(C)c3)n2)n1. The zero-order valence-electron chi connectivity index (χ0n) is 18.1. The smallest absolute Gasteiger partial charge is 0.163 e. The Labute approximate surface area is 187 Å². The van der Waals surface area contributed by atoms with Gasteiger partial charge < -0.3 is 9.64 Å². The lowest BCUT2D eigenvalue weighted by Gasteiger charge is -2.28. The van der Waals surface area contributed by atoms with Crippen LogP contribution in [0.25, 0.3) is 22.6 Å². The van der Waals surface area contributed by atoms with Gasteiger partial charge in [0.25, 0.3) is 0 Å². The number of benzene rings is 2. The van der Waals surface area contributed by atoms with Crippen LogP contribution < -0.4 is 4.90 Å². The monoisotopic (exact) mass is 423 g/mol. The van der Waals surface area contributed by atoms with E-state index in [-0.39, 0.29) is 0 Å². The normalized spacial score (nSPS) is 13.8. The van der Waals surface area contributed by atoms with E-state index in [9.17, 15) is 0 Å². The minimum Gasteiger partial charge on any atom is -0.378 e. The van der Waals surface area contributed by atoms with Crippen LogP contribution in [0.15, 0.2) is 79.5 Å². The average Bonchev–Trinajstić information content (AvgIpc) is 3.35. The second-order valence-electron chi connectivity index (χ2n) is 7.87. The van der Waals surface area contributed by atoms with Gasteiger partial charge >= 0.3 is 0 Å². The van der Waals surface area contributed by atoms with Gasteiger partial charge in [0.15, 0.2) is 11.6 Å². The van der Waals surface area contributed by atoms with Crippen LogP contribution in [0.1, 0.15) is 17.0 Å². The summed E-state index contributed by atoms with van der Waals surface area (Å²) in [4.78, 5) is 11.9. The van der Waals surface area contributed by atoms with Crippen molar-refractivity contribution in [2.24, 2.45) is 0 Å². The van der Waals surface area contributed by atoms with Gasteiger partial charge in [0, 0.05) is 36.5 Å². The van der Waals surface area contributed by atoms with Crippen molar-refractivity contribution in [2.45, 2.75) is 6.92 Å². The fraction of sp³-hybridized carbons (Fsp3) is 0.192. The summed E-state index contributed by atoms with van der Waals surface area (Å²) < 4.78 is 7.34. The highest BCUT2D eigenvalue weighted by atomic mass is 16.5. The van der Waals surface area contributed by atoms with Gasteiger partial charge in [0.1, 0.15) is 5.82 Å². The summed E-state index contributed by atoms with van der Waals surface area (Å²) in [5, 5.41) is 4.80. The molecule has 2 aromatic heterocycles. The molecule has 0 aliphatic carbocycles. The first kappa shape index (κ1) is 20.2. The third-order valence-corrected chi connectivity index (χ3v) is 5.56. The molecule has 0 amide bonds. The Morgan fingerprint density at radius 3 is 2.47 bits per heavy atom. The third-order valence-electron chi connectivity index (χ3n) is 5.56. The molecule has 0 atom stereocenters. The van der Waals surface area contributed by atoms with Crippen LogP contribution in [0.5, 0.6) is 0 Å². The van der Waals surface area contributed by atoms with E-state index in [2.05, 4.69) is 36.6 Å². The van der Waals surface area contributed by atoms with Crippen molar-refractivity contribution < 1.29 is 4.74 Å². The molecule has 160 valence electrons. The summed E-state index contributed by atoms with van der Waals surface area (Å²) in [7, 11) is 0. The molecule has 1 aliphatic rings. The van der Waals surface area contributed by atoms with Crippen LogP contribution in [-0.4, -0.2) is 46.1 Å². The predicted octanol–water partition coefficient (Wildman–Crippen LogP) is 4.54. The molecule has 2 aromatic carbocycles. The van der Waals surface area contributed by atoms with Gasteiger partial charge in [-0.05, 0) is 24.6 Å². The molecule has 1 aliphatic heterocycles. The van der Waals surface area contributed by atoms with Crippen LogP contribution >= 0.6 is 0 Å². The molecule has 4 aromatic rings. The number of hydrogen-bond donors (Lipinski definition) is 0. The molecular weight excluding hydrogens is 398 g/mol. The Morgan fingerprint density at radius 1 is 0.906 bits per heavy atom. The Kier molecular flexibility index (Phi) is 5.52. The average molecular weight is 424 g/mol. The fourth-order valence-electron chi connectivity index (χ4n) is 3.81. The van der Waals surface area contributed by atoms with Crippen LogP contribution in [-0.2, 0) is 4.74 Å². The summed E-state index contributed by atoms with van der Waals surface area (Å²) in [5.74, 6) is 2.17. The number of morpholine rings is 1. The van der Waals surface area contributed by atoms with Crippen molar-refractivity contribution in [3.05, 3.63) is 96.5 Å². The fourth-order valence-corrected chi connectivity index (χ4v) is 3.81. The number of nitrogens with zero attached hydrogens (tertiary/aromatic N) is 5. The third kappa shape index (κ3) is 4.18. The number of aromatic nitrogens is 4. The number of anilines is 1. The molecule has 1 fully saturated rings. The van der Waals surface area contributed by atoms with Crippen molar-refractivity contribution in [2.75, 3.05) is 31.2 Å². The van der Waals surface area contributed by atoms with E-state index < -0.39 is 0 Å². The van der Waals surface area contributed by atoms with E-state index in [0.717, 1.165) is 41.3 Å². The maximum Gasteiger partial charge on any atom is 0.163 e. The first-order valence-electron chi connectivity index (χ1n) is 10.8. The minimum absolute atomic E-state index is 0.600. The lowest BCUT2D eigenvalue weighted by Crippen LogP contribution is -2.37. The van der Waals surface area contributed by atoms with Crippen molar-refractivity contribution in [3.63, 3.8) is 0 Å². The van der Waals surface area contributed by atoms with E-state index in [1.165, 1.54) is 5.56 Å². The van der Waals surface area contributed by atoms with Gasteiger partial charge in [-0.25, -0.2) is 14.6 Å². The molecule has 0 unspecified atom stereocenters. The zero-order chi connectivity index (χ0) is 21.9. The highest BCUT2D eigenvalue weighted by molar-refractivity contribution is 5.75. The van der Waals surface area contributed by atoms with Gasteiger partial charge in [0.05, 0.1) is 18.9 Å². The summed E-state index contributed by atoms with van der Waals surface area (Å²) in [6.07, 6.45) is 1.94. The zero-order valence-corrected chi connectivity index (χ0v) is 18.1. The van der Waals surface area contributed by atoms with E-state index in [0.29, 0.717) is 24.9 Å². The minimum atomic E-state index is 0.600. The van der Waals surface area contributed by atoms with E-state index in [1.54, 1.807) is 0 Å². The van der Waals surface area contributed by atoms with Gasteiger partial charge in [-0.2, -0.15) is 5.10 Å². The Bertz CT molecular complexity index is 1240. The quantitative estimate of drug-likeness (QED) is 0.472. The van der Waals surface area contributed by atoms with Gasteiger partial charge in [-0.15, -0.1) is 0 Å². The maximum absolute atomic E-state index is 5.52. The van der Waals surface area contributed by atoms with E-state index in [4.69, 9.17) is 19.8 Å². The molecule has 0 saturated carbocycles. The molecule has 0 bridgehead atoms. The highest BCUT2D eigenvalue weighted by Crippen LogP contribution is 2.25. The molecule has 0 N–H and O–H groups in total. The molecule has 6 nitrogen and oxygen atoms in total. The molecule has 3 heterocycles. The van der Waals surface area contributed by atoms with Gasteiger partial charge in [0.2, 0.25) is 0 Å². The number of aryl methyl sites for hydroxylation is 1. The Hall–Kier alpha value is -3.77. The van der Waals surface area contributed by atoms with Crippen molar-refractivity contribution in [1.82, 2.24) is 19.7 Å². The number of ether oxygens (including phenoxy) is 1. The lowest BCUT2D eigenvalue weighted by atomic mass is 10.1. The first-order chi connectivity index (χ1) is 15.7. The molecule has 1 saturated heterocycles. The number of rotatable bonds is 5. The maximum atomic E-state index is 5.52. The van der Waals surface area contributed by atoms with Crippen molar-refractivity contribution in [1.29, 1.82) is 0 Å². The largest absolute Gasteiger partial charge is 0.378 e. The summed E-state index contributed by atoms with van der Waals surface area (Å²) >= 11 is 0. The summed E-state index contributed by atoms with van der Waals surface area (Å²) in [5.41, 5.74) is 4.98. The molecule has 6 heteroatoms. The summed E-state index contributed by atoms with van der Waals surface area (Å²) in [6.45, 7) is 9.33. The topological polar surface area (TPSA) is 56.1 Å². The standard InChI is InChI=1S/C26H25N5O/c1-19-7-6-10-22(17-19)23-11-12-31(29-23)25-18-24(30-13-15-32-16-14-30)27-26(28-25)20(2)21-8-4-3-5-9-21/h3-12,17-18H,2,13-16H2,1H3. The molecule has 5 rings (SSSR count). The highest BCUT2D eigenvalue weighted by Gasteiger charge is 2.18. The van der Waals surface area contributed by atoms with Crippen LogP contribution in [0, 0.1) is 6.92 Å².